The predicted octanol–water partition coefficient (Wildman–Crippen LogP) is 2.16. The monoisotopic (exact) mass is 150 g/mol. The SMILES string of the molecule is CSCO[Si](C)(C)C. The second-order valence-corrected chi connectivity index (χ2v) is 7.99. The minimum Gasteiger partial charge on any atom is -0.409 e. The molecule has 0 aliphatic rings. The van der Waals surface area contributed by atoms with E-state index in [0.29, 0.717) is 0 Å². The van der Waals surface area contributed by atoms with E-state index in [-0.39, 0.29) is 0 Å². The first-order chi connectivity index (χ1) is 3.56. The van der Waals surface area contributed by atoms with Crippen LogP contribution in [0, 0.1) is 0 Å². The maximum Gasteiger partial charge on any atom is 0.184 e. The molecule has 0 saturated heterocycles. The van der Waals surface area contributed by atoms with Gasteiger partial charge in [0.15, 0.2) is 8.32 Å². The highest BCUT2D eigenvalue weighted by Gasteiger charge is 2.12. The van der Waals surface area contributed by atoms with Crippen LogP contribution in [0.15, 0.2) is 0 Å². The summed E-state index contributed by atoms with van der Waals surface area (Å²) in [6, 6.07) is 0. The Labute approximate surface area is 56.9 Å². The van der Waals surface area contributed by atoms with Crippen molar-refractivity contribution in [1.29, 1.82) is 0 Å². The van der Waals surface area contributed by atoms with Crippen molar-refractivity contribution in [3.8, 4) is 0 Å². The standard InChI is InChI=1S/C5H14OSSi/c1-7-5-6-8(2,3)4/h5H2,1-4H3. The molecule has 0 bridgehead atoms. The Morgan fingerprint density at radius 1 is 1.38 bits per heavy atom. The molecule has 0 fully saturated rings. The van der Waals surface area contributed by atoms with Crippen molar-refractivity contribution < 1.29 is 4.43 Å². The Kier molecular flexibility index (Phi) is 3.77. The van der Waals surface area contributed by atoms with Crippen LogP contribution in [0.4, 0.5) is 0 Å². The first kappa shape index (κ1) is 8.53. The number of hydrogen-bond acceptors (Lipinski definition) is 2. The van der Waals surface area contributed by atoms with Gasteiger partial charge in [0, 0.05) is 0 Å². The molecule has 50 valence electrons. The third kappa shape index (κ3) is 6.53. The number of rotatable bonds is 3. The Hall–Kier alpha value is 0.527. The summed E-state index contributed by atoms with van der Waals surface area (Å²) in [5.41, 5.74) is 0. The fraction of sp³-hybridized carbons (Fsp3) is 1.00. The molecule has 0 aromatic carbocycles. The molecule has 0 aromatic heterocycles. The minimum absolute atomic E-state index is 0.857. The molecule has 0 radical (unpaired) electrons. The molecule has 1 nitrogen and oxygen atoms in total. The van der Waals surface area contributed by atoms with E-state index in [1.54, 1.807) is 11.8 Å². The fourth-order valence-electron chi connectivity index (χ4n) is 0.236. The molecule has 0 aliphatic heterocycles. The molecule has 0 saturated carbocycles. The summed E-state index contributed by atoms with van der Waals surface area (Å²) in [7, 11) is -1.20. The van der Waals surface area contributed by atoms with E-state index < -0.39 is 8.32 Å². The molecule has 0 spiro atoms. The topological polar surface area (TPSA) is 9.23 Å². The van der Waals surface area contributed by atoms with Crippen LogP contribution in [0.25, 0.3) is 0 Å². The maximum atomic E-state index is 5.48. The van der Waals surface area contributed by atoms with Gasteiger partial charge in [0.25, 0.3) is 0 Å². The fourth-order valence-corrected chi connectivity index (χ4v) is 2.12. The third-order valence-corrected chi connectivity index (χ3v) is 2.18. The molecule has 0 atom stereocenters. The van der Waals surface area contributed by atoms with Crippen LogP contribution >= 0.6 is 11.8 Å². The highest BCUT2D eigenvalue weighted by molar-refractivity contribution is 7.98. The van der Waals surface area contributed by atoms with Crippen molar-refractivity contribution in [3.63, 3.8) is 0 Å². The second kappa shape index (κ2) is 3.53. The predicted molar refractivity (Wildman–Crippen MR) is 42.8 cm³/mol. The van der Waals surface area contributed by atoms with Gasteiger partial charge in [0.1, 0.15) is 0 Å². The molecule has 0 aromatic rings. The summed E-state index contributed by atoms with van der Waals surface area (Å²) >= 11 is 1.74. The van der Waals surface area contributed by atoms with Crippen LogP contribution in [0.5, 0.6) is 0 Å². The van der Waals surface area contributed by atoms with E-state index in [2.05, 4.69) is 25.9 Å². The molecule has 0 rings (SSSR count). The summed E-state index contributed by atoms with van der Waals surface area (Å²) in [4.78, 5) is 0. The third-order valence-electron chi connectivity index (χ3n) is 0.610. The van der Waals surface area contributed by atoms with Gasteiger partial charge in [-0.25, -0.2) is 0 Å². The van der Waals surface area contributed by atoms with E-state index in [0.717, 1.165) is 5.94 Å². The van der Waals surface area contributed by atoms with E-state index in [1.165, 1.54) is 0 Å². The highest BCUT2D eigenvalue weighted by atomic mass is 32.2. The lowest BCUT2D eigenvalue weighted by molar-refractivity contribution is 0.389. The van der Waals surface area contributed by atoms with Crippen molar-refractivity contribution in [2.24, 2.45) is 0 Å². The first-order valence-corrected chi connectivity index (χ1v) is 7.49. The Bertz CT molecular complexity index is 59.9. The lowest BCUT2D eigenvalue weighted by Crippen LogP contribution is -2.24. The molecule has 0 aliphatic carbocycles. The summed E-state index contributed by atoms with van der Waals surface area (Å²) in [5, 5.41) is 0. The van der Waals surface area contributed by atoms with Gasteiger partial charge in [-0.05, 0) is 25.9 Å². The van der Waals surface area contributed by atoms with Gasteiger partial charge in [0.2, 0.25) is 0 Å². The quantitative estimate of drug-likeness (QED) is 0.450. The van der Waals surface area contributed by atoms with Gasteiger partial charge < -0.3 is 4.43 Å². The molecule has 3 heteroatoms. The average Bonchev–Trinajstić information content (AvgIpc) is 1.59. The Morgan fingerprint density at radius 2 is 1.88 bits per heavy atom. The molecular weight excluding hydrogens is 136 g/mol. The summed E-state index contributed by atoms with van der Waals surface area (Å²) in [5.74, 6) is 0.857. The lowest BCUT2D eigenvalue weighted by Gasteiger charge is -2.15. The molecule has 0 amide bonds. The zero-order valence-electron chi connectivity index (χ0n) is 6.02. The first-order valence-electron chi connectivity index (χ1n) is 2.69. The van der Waals surface area contributed by atoms with Gasteiger partial charge >= 0.3 is 0 Å². The van der Waals surface area contributed by atoms with E-state index in [1.807, 2.05) is 0 Å². The van der Waals surface area contributed by atoms with E-state index in [4.69, 9.17) is 4.43 Å². The van der Waals surface area contributed by atoms with Crippen molar-refractivity contribution >= 4 is 20.1 Å². The van der Waals surface area contributed by atoms with Gasteiger partial charge in [-0.2, -0.15) is 0 Å². The van der Waals surface area contributed by atoms with Crippen LogP contribution in [-0.2, 0) is 4.43 Å². The van der Waals surface area contributed by atoms with Crippen LogP contribution in [-0.4, -0.2) is 20.5 Å². The highest BCUT2D eigenvalue weighted by Crippen LogP contribution is 2.05. The van der Waals surface area contributed by atoms with E-state index >= 15 is 0 Å². The molecular formula is C5H14OSSi. The molecule has 0 unspecified atom stereocenters. The molecule has 8 heavy (non-hydrogen) atoms. The van der Waals surface area contributed by atoms with Gasteiger partial charge in [-0.15, -0.1) is 11.8 Å². The summed E-state index contributed by atoms with van der Waals surface area (Å²) < 4.78 is 5.48. The largest absolute Gasteiger partial charge is 0.409 e. The summed E-state index contributed by atoms with van der Waals surface area (Å²) in [6.07, 6.45) is 2.06. The number of thioether (sulfide) groups is 1. The zero-order chi connectivity index (χ0) is 6.62. The minimum atomic E-state index is -1.20. The van der Waals surface area contributed by atoms with Crippen LogP contribution in [0.1, 0.15) is 0 Å². The lowest BCUT2D eigenvalue weighted by atomic mass is 11.7. The normalized spacial score (nSPS) is 12.0. The van der Waals surface area contributed by atoms with Crippen molar-refractivity contribution in [3.05, 3.63) is 0 Å². The van der Waals surface area contributed by atoms with Crippen LogP contribution < -0.4 is 0 Å². The zero-order valence-corrected chi connectivity index (χ0v) is 7.84. The van der Waals surface area contributed by atoms with Gasteiger partial charge in [-0.3, -0.25) is 0 Å². The smallest absolute Gasteiger partial charge is 0.184 e. The van der Waals surface area contributed by atoms with Crippen molar-refractivity contribution in [1.82, 2.24) is 0 Å². The van der Waals surface area contributed by atoms with Gasteiger partial charge in [-0.1, -0.05) is 0 Å². The van der Waals surface area contributed by atoms with Crippen molar-refractivity contribution in [2.75, 3.05) is 12.2 Å². The van der Waals surface area contributed by atoms with Gasteiger partial charge in [0.05, 0.1) is 5.94 Å². The second-order valence-electron chi connectivity index (χ2n) is 2.66. The molecule has 0 heterocycles. The van der Waals surface area contributed by atoms with Crippen LogP contribution in [0.2, 0.25) is 19.6 Å². The van der Waals surface area contributed by atoms with Crippen molar-refractivity contribution in [2.45, 2.75) is 19.6 Å². The maximum absolute atomic E-state index is 5.48. The molecule has 0 N–H and O–H groups in total. The Morgan fingerprint density at radius 3 is 2.00 bits per heavy atom. The van der Waals surface area contributed by atoms with E-state index in [9.17, 15) is 0 Å². The Balaban J connectivity index is 3.11. The van der Waals surface area contributed by atoms with Crippen LogP contribution in [0.3, 0.4) is 0 Å². The average molecular weight is 150 g/mol. The number of hydrogen-bond donors (Lipinski definition) is 0. The summed E-state index contributed by atoms with van der Waals surface area (Å²) in [6.45, 7) is 6.59.